The Morgan fingerprint density at radius 3 is 2.80 bits per heavy atom. The molecular formula is C9H17N. The van der Waals surface area contributed by atoms with E-state index in [1.54, 1.807) is 0 Å². The number of fused-ring (bicyclic) bond motifs is 1. The van der Waals surface area contributed by atoms with E-state index in [9.17, 15) is 0 Å². The summed E-state index contributed by atoms with van der Waals surface area (Å²) >= 11 is 0. The van der Waals surface area contributed by atoms with Crippen LogP contribution in [0.4, 0.5) is 0 Å². The van der Waals surface area contributed by atoms with Crippen molar-refractivity contribution in [2.45, 2.75) is 45.1 Å². The highest BCUT2D eigenvalue weighted by molar-refractivity contribution is 5.08. The first-order valence-electron chi connectivity index (χ1n) is 4.51. The lowest BCUT2D eigenvalue weighted by Gasteiger charge is -2.25. The van der Waals surface area contributed by atoms with E-state index in [1.165, 1.54) is 32.1 Å². The van der Waals surface area contributed by atoms with Gasteiger partial charge in [0, 0.05) is 6.04 Å². The van der Waals surface area contributed by atoms with E-state index in [2.05, 4.69) is 6.92 Å². The number of hydrogen-bond acceptors (Lipinski definition) is 1. The molecule has 0 aliphatic heterocycles. The summed E-state index contributed by atoms with van der Waals surface area (Å²) in [6, 6.07) is 0.456. The molecule has 10 heavy (non-hydrogen) atoms. The van der Waals surface area contributed by atoms with Crippen molar-refractivity contribution in [3.63, 3.8) is 0 Å². The lowest BCUT2D eigenvalue weighted by Crippen LogP contribution is -2.31. The molecule has 3 unspecified atom stereocenters. The van der Waals surface area contributed by atoms with Gasteiger partial charge in [0.1, 0.15) is 0 Å². The fourth-order valence-corrected chi connectivity index (χ4v) is 2.73. The van der Waals surface area contributed by atoms with Crippen LogP contribution in [0.25, 0.3) is 0 Å². The van der Waals surface area contributed by atoms with Crippen molar-refractivity contribution in [2.75, 3.05) is 0 Å². The molecule has 2 aliphatic carbocycles. The van der Waals surface area contributed by atoms with Crippen LogP contribution in [0.2, 0.25) is 0 Å². The maximum Gasteiger partial charge on any atom is 0.00697 e. The fourth-order valence-electron chi connectivity index (χ4n) is 2.73. The average Bonchev–Trinajstić information content (AvgIpc) is 2.61. The molecule has 2 fully saturated rings. The third-order valence-electron chi connectivity index (χ3n) is 3.63. The zero-order chi connectivity index (χ0) is 7.19. The van der Waals surface area contributed by atoms with Crippen LogP contribution in [0.1, 0.15) is 39.0 Å². The van der Waals surface area contributed by atoms with Crippen molar-refractivity contribution in [3.05, 3.63) is 0 Å². The molecule has 2 aliphatic rings. The van der Waals surface area contributed by atoms with Gasteiger partial charge >= 0.3 is 0 Å². The second-order valence-electron chi connectivity index (χ2n) is 4.17. The van der Waals surface area contributed by atoms with E-state index < -0.39 is 0 Å². The van der Waals surface area contributed by atoms with Crippen LogP contribution in [0.15, 0.2) is 0 Å². The highest BCUT2D eigenvalue weighted by Gasteiger charge is 2.56. The summed E-state index contributed by atoms with van der Waals surface area (Å²) in [6.45, 7) is 2.19. The molecule has 0 spiro atoms. The lowest BCUT2D eigenvalue weighted by molar-refractivity contribution is 0.292. The van der Waals surface area contributed by atoms with E-state index in [1.807, 2.05) is 0 Å². The molecule has 0 aromatic rings. The van der Waals surface area contributed by atoms with Gasteiger partial charge in [0.25, 0.3) is 0 Å². The Labute approximate surface area is 63.0 Å². The third kappa shape index (κ3) is 0.731. The summed E-state index contributed by atoms with van der Waals surface area (Å²) in [6.07, 6.45) is 7.19. The summed E-state index contributed by atoms with van der Waals surface area (Å²) < 4.78 is 0. The molecule has 0 aromatic heterocycles. The van der Waals surface area contributed by atoms with Gasteiger partial charge in [-0.15, -0.1) is 0 Å². The van der Waals surface area contributed by atoms with Gasteiger partial charge < -0.3 is 5.73 Å². The van der Waals surface area contributed by atoms with Gasteiger partial charge in [0.15, 0.2) is 0 Å². The second-order valence-corrected chi connectivity index (χ2v) is 4.17. The van der Waals surface area contributed by atoms with Crippen LogP contribution in [0, 0.1) is 11.3 Å². The predicted octanol–water partition coefficient (Wildman–Crippen LogP) is 1.91. The van der Waals surface area contributed by atoms with E-state index in [4.69, 9.17) is 5.73 Å². The molecule has 58 valence electrons. The number of rotatable bonds is 1. The van der Waals surface area contributed by atoms with Crippen molar-refractivity contribution in [1.82, 2.24) is 0 Å². The van der Waals surface area contributed by atoms with Gasteiger partial charge in [-0.05, 0) is 37.5 Å². The standard InChI is InChI=1S/C9H17N/c1-7(10)9-5-3-2-4-8(9)6-9/h7-8H,2-6,10H2,1H3. The normalized spacial score (nSPS) is 48.0. The van der Waals surface area contributed by atoms with Crippen LogP contribution >= 0.6 is 0 Å². The smallest absolute Gasteiger partial charge is 0.00697 e. The largest absolute Gasteiger partial charge is 0.327 e. The molecule has 2 rings (SSSR count). The Balaban J connectivity index is 2.05. The van der Waals surface area contributed by atoms with Crippen molar-refractivity contribution in [3.8, 4) is 0 Å². The minimum atomic E-state index is 0.456. The first-order chi connectivity index (χ1) is 4.76. The highest BCUT2D eigenvalue weighted by atomic mass is 14.8. The number of nitrogens with two attached hydrogens (primary N) is 1. The van der Waals surface area contributed by atoms with Crippen LogP contribution in [-0.2, 0) is 0 Å². The zero-order valence-electron chi connectivity index (χ0n) is 6.77. The monoisotopic (exact) mass is 139 g/mol. The summed E-state index contributed by atoms with van der Waals surface area (Å²) in [5, 5.41) is 0. The Hall–Kier alpha value is -0.0400. The van der Waals surface area contributed by atoms with Crippen LogP contribution in [-0.4, -0.2) is 6.04 Å². The predicted molar refractivity (Wildman–Crippen MR) is 42.7 cm³/mol. The van der Waals surface area contributed by atoms with E-state index in [0.29, 0.717) is 11.5 Å². The quantitative estimate of drug-likeness (QED) is 0.590. The Morgan fingerprint density at radius 2 is 2.30 bits per heavy atom. The Kier molecular flexibility index (Phi) is 1.31. The van der Waals surface area contributed by atoms with Crippen molar-refractivity contribution in [1.29, 1.82) is 0 Å². The third-order valence-corrected chi connectivity index (χ3v) is 3.63. The zero-order valence-corrected chi connectivity index (χ0v) is 6.77. The van der Waals surface area contributed by atoms with Crippen LogP contribution < -0.4 is 5.73 Å². The van der Waals surface area contributed by atoms with Crippen molar-refractivity contribution >= 4 is 0 Å². The SMILES string of the molecule is CC(N)C12CCCCC1C2. The van der Waals surface area contributed by atoms with Gasteiger partial charge in [-0.3, -0.25) is 0 Å². The average molecular weight is 139 g/mol. The summed E-state index contributed by atoms with van der Waals surface area (Å²) in [5.74, 6) is 1.02. The highest BCUT2D eigenvalue weighted by Crippen LogP contribution is 2.62. The molecule has 0 saturated heterocycles. The summed E-state index contributed by atoms with van der Waals surface area (Å²) in [4.78, 5) is 0. The summed E-state index contributed by atoms with van der Waals surface area (Å²) in [5.41, 5.74) is 6.57. The fraction of sp³-hybridized carbons (Fsp3) is 1.00. The van der Waals surface area contributed by atoms with Gasteiger partial charge in [-0.25, -0.2) is 0 Å². The molecule has 0 aromatic carbocycles. The molecule has 1 nitrogen and oxygen atoms in total. The van der Waals surface area contributed by atoms with Gasteiger partial charge in [0.2, 0.25) is 0 Å². The van der Waals surface area contributed by atoms with E-state index in [-0.39, 0.29) is 0 Å². The molecule has 0 amide bonds. The molecule has 3 atom stereocenters. The molecule has 0 bridgehead atoms. The number of hydrogen-bond donors (Lipinski definition) is 1. The molecule has 1 heteroatoms. The van der Waals surface area contributed by atoms with Gasteiger partial charge in [-0.1, -0.05) is 12.8 Å². The van der Waals surface area contributed by atoms with E-state index in [0.717, 1.165) is 5.92 Å². The molecule has 2 saturated carbocycles. The maximum absolute atomic E-state index is 5.94. The maximum atomic E-state index is 5.94. The minimum absolute atomic E-state index is 0.456. The first kappa shape index (κ1) is 6.66. The lowest BCUT2D eigenvalue weighted by atomic mass is 9.84. The molecule has 0 heterocycles. The van der Waals surface area contributed by atoms with Crippen LogP contribution in [0.5, 0.6) is 0 Å². The topological polar surface area (TPSA) is 26.0 Å². The van der Waals surface area contributed by atoms with Crippen LogP contribution in [0.3, 0.4) is 0 Å². The second kappa shape index (κ2) is 1.97. The van der Waals surface area contributed by atoms with Crippen molar-refractivity contribution < 1.29 is 0 Å². The molecule has 2 N–H and O–H groups in total. The molecule has 0 radical (unpaired) electrons. The van der Waals surface area contributed by atoms with Gasteiger partial charge in [0.05, 0.1) is 0 Å². The van der Waals surface area contributed by atoms with Crippen molar-refractivity contribution in [2.24, 2.45) is 17.1 Å². The Bertz CT molecular complexity index is 142. The molecular weight excluding hydrogens is 122 g/mol. The minimum Gasteiger partial charge on any atom is -0.327 e. The van der Waals surface area contributed by atoms with E-state index >= 15 is 0 Å². The summed E-state index contributed by atoms with van der Waals surface area (Å²) in [7, 11) is 0. The van der Waals surface area contributed by atoms with Gasteiger partial charge in [-0.2, -0.15) is 0 Å². The Morgan fingerprint density at radius 1 is 1.50 bits per heavy atom. The first-order valence-corrected chi connectivity index (χ1v) is 4.51.